The summed E-state index contributed by atoms with van der Waals surface area (Å²) in [6.45, 7) is 0.202. The molecule has 4 rings (SSSR count). The monoisotopic (exact) mass is 383 g/mol. The van der Waals surface area contributed by atoms with E-state index in [2.05, 4.69) is 0 Å². The van der Waals surface area contributed by atoms with Crippen molar-refractivity contribution in [2.24, 2.45) is 0 Å². The third-order valence-corrected chi connectivity index (χ3v) is 4.66. The highest BCUT2D eigenvalue weighted by Crippen LogP contribution is 2.28. The molecule has 0 spiro atoms. The van der Waals surface area contributed by atoms with Crippen LogP contribution in [0.5, 0.6) is 5.75 Å². The van der Waals surface area contributed by atoms with Crippen LogP contribution >= 0.6 is 0 Å². The van der Waals surface area contributed by atoms with Gasteiger partial charge in [0.2, 0.25) is 0 Å². The first kappa shape index (κ1) is 18.4. The zero-order valence-corrected chi connectivity index (χ0v) is 15.3. The van der Waals surface area contributed by atoms with Gasteiger partial charge in [-0.15, -0.1) is 0 Å². The Morgan fingerprint density at radius 2 is 1.52 bits per heavy atom. The number of carbonyl (C=O) groups is 3. The smallest absolute Gasteiger partial charge is 0.197 e. The van der Waals surface area contributed by atoms with Crippen molar-refractivity contribution in [3.8, 4) is 5.75 Å². The van der Waals surface area contributed by atoms with Crippen LogP contribution in [0.15, 0.2) is 78.4 Å². The zero-order valence-electron chi connectivity index (χ0n) is 15.3. The second-order valence-electron chi connectivity index (χ2n) is 6.61. The van der Waals surface area contributed by atoms with E-state index in [9.17, 15) is 19.5 Å². The molecular weight excluding hydrogens is 368 g/mol. The van der Waals surface area contributed by atoms with Crippen LogP contribution in [-0.4, -0.2) is 17.5 Å². The summed E-state index contributed by atoms with van der Waals surface area (Å²) in [6, 6.07) is 20.1. The maximum Gasteiger partial charge on any atom is 0.197 e. The summed E-state index contributed by atoms with van der Waals surface area (Å²) in [6.07, 6.45) is 1.58. The van der Waals surface area contributed by atoms with E-state index >= 15 is 0 Å². The fourth-order valence-electron chi connectivity index (χ4n) is 3.19. The van der Waals surface area contributed by atoms with Gasteiger partial charge in [-0.05, 0) is 41.0 Å². The minimum absolute atomic E-state index is 0.0972. The SMILES string of the molecule is O=C([O-])c1cccc(COc2ccc(C=C3C(=O)c4ccccc4C3=O)cc2)c1. The highest BCUT2D eigenvalue weighted by molar-refractivity contribution is 6.41. The molecule has 3 aromatic rings. The molecule has 0 saturated carbocycles. The summed E-state index contributed by atoms with van der Waals surface area (Å²) >= 11 is 0. The van der Waals surface area contributed by atoms with Gasteiger partial charge in [-0.25, -0.2) is 0 Å². The third-order valence-electron chi connectivity index (χ3n) is 4.66. The first-order valence-electron chi connectivity index (χ1n) is 8.96. The van der Waals surface area contributed by atoms with E-state index in [0.717, 1.165) is 0 Å². The van der Waals surface area contributed by atoms with Gasteiger partial charge in [0.05, 0.1) is 11.5 Å². The lowest BCUT2D eigenvalue weighted by molar-refractivity contribution is -0.255. The Hall–Kier alpha value is -3.99. The largest absolute Gasteiger partial charge is 0.545 e. The number of ether oxygens (including phenoxy) is 1. The lowest BCUT2D eigenvalue weighted by atomic mass is 10.1. The Morgan fingerprint density at radius 3 is 2.14 bits per heavy atom. The molecule has 0 saturated heterocycles. The van der Waals surface area contributed by atoms with Crippen LogP contribution in [-0.2, 0) is 6.61 Å². The Kier molecular flexibility index (Phi) is 4.79. The molecule has 0 unspecified atom stereocenters. The van der Waals surface area contributed by atoms with E-state index in [0.29, 0.717) is 28.0 Å². The van der Waals surface area contributed by atoms with Crippen molar-refractivity contribution in [3.05, 3.63) is 106 Å². The van der Waals surface area contributed by atoms with Gasteiger partial charge in [-0.3, -0.25) is 9.59 Å². The Bertz CT molecular complexity index is 1120. The number of carboxylic acids is 1. The van der Waals surface area contributed by atoms with Crippen molar-refractivity contribution in [1.29, 1.82) is 0 Å². The molecule has 0 atom stereocenters. The van der Waals surface area contributed by atoms with Crippen molar-refractivity contribution >= 4 is 23.6 Å². The van der Waals surface area contributed by atoms with Gasteiger partial charge in [0.1, 0.15) is 12.4 Å². The zero-order chi connectivity index (χ0) is 20.4. The van der Waals surface area contributed by atoms with Gasteiger partial charge in [0, 0.05) is 11.1 Å². The maximum absolute atomic E-state index is 12.5. The number of carbonyl (C=O) groups excluding carboxylic acids is 3. The number of rotatable bonds is 5. The maximum atomic E-state index is 12.5. The molecule has 0 fully saturated rings. The predicted molar refractivity (Wildman–Crippen MR) is 105 cm³/mol. The topological polar surface area (TPSA) is 83.5 Å². The number of aromatic carboxylic acids is 1. The Labute approximate surface area is 166 Å². The van der Waals surface area contributed by atoms with Crippen LogP contribution in [0.25, 0.3) is 6.08 Å². The van der Waals surface area contributed by atoms with Gasteiger partial charge in [0.15, 0.2) is 11.6 Å². The Morgan fingerprint density at radius 1 is 0.862 bits per heavy atom. The number of benzene rings is 3. The summed E-state index contributed by atoms with van der Waals surface area (Å²) in [5, 5.41) is 10.9. The van der Waals surface area contributed by atoms with Crippen LogP contribution in [0.1, 0.15) is 42.2 Å². The minimum atomic E-state index is -1.23. The number of hydrogen-bond acceptors (Lipinski definition) is 5. The molecule has 5 nitrogen and oxygen atoms in total. The van der Waals surface area contributed by atoms with Crippen LogP contribution < -0.4 is 9.84 Å². The van der Waals surface area contributed by atoms with E-state index in [-0.39, 0.29) is 29.3 Å². The molecular formula is C24H15O5-. The van der Waals surface area contributed by atoms with Gasteiger partial charge in [-0.1, -0.05) is 54.6 Å². The van der Waals surface area contributed by atoms with Gasteiger partial charge in [-0.2, -0.15) is 0 Å². The number of Topliss-reactive ketones (excluding diaryl/α,β-unsaturated/α-hetero) is 2. The second kappa shape index (κ2) is 7.56. The quantitative estimate of drug-likeness (QED) is 0.499. The molecule has 0 aromatic heterocycles. The number of hydrogen-bond donors (Lipinski definition) is 0. The van der Waals surface area contributed by atoms with E-state index in [1.54, 1.807) is 66.7 Å². The molecule has 0 radical (unpaired) electrons. The van der Waals surface area contributed by atoms with Gasteiger partial charge in [0.25, 0.3) is 0 Å². The van der Waals surface area contributed by atoms with E-state index < -0.39 is 5.97 Å². The molecule has 0 heterocycles. The standard InChI is InChI=1S/C24H16O5/c25-22-19-6-1-2-7-20(19)23(26)21(22)13-15-8-10-18(11-9-15)29-14-16-4-3-5-17(12-16)24(27)28/h1-13H,14H2,(H,27,28)/p-1. The summed E-state index contributed by atoms with van der Waals surface area (Å²) in [7, 11) is 0. The van der Waals surface area contributed by atoms with Crippen LogP contribution in [0.2, 0.25) is 0 Å². The first-order valence-corrected chi connectivity index (χ1v) is 8.96. The number of fused-ring (bicyclic) bond motifs is 1. The predicted octanol–water partition coefficient (Wildman–Crippen LogP) is 3.09. The summed E-state index contributed by atoms with van der Waals surface area (Å²) in [5.74, 6) is -1.18. The summed E-state index contributed by atoms with van der Waals surface area (Å²) in [5.41, 5.74) is 2.53. The number of carboxylic acid groups (broad SMARTS) is 1. The van der Waals surface area contributed by atoms with E-state index in [1.807, 2.05) is 0 Å². The molecule has 1 aliphatic rings. The van der Waals surface area contributed by atoms with Crippen molar-refractivity contribution in [2.45, 2.75) is 6.61 Å². The van der Waals surface area contributed by atoms with Crippen LogP contribution in [0.3, 0.4) is 0 Å². The molecule has 29 heavy (non-hydrogen) atoms. The van der Waals surface area contributed by atoms with Crippen LogP contribution in [0, 0.1) is 0 Å². The molecule has 0 amide bonds. The lowest BCUT2D eigenvalue weighted by Gasteiger charge is -2.09. The second-order valence-corrected chi connectivity index (χ2v) is 6.61. The molecule has 5 heteroatoms. The normalized spacial score (nSPS) is 12.6. The van der Waals surface area contributed by atoms with Crippen molar-refractivity contribution in [1.82, 2.24) is 0 Å². The first-order chi connectivity index (χ1) is 14.0. The van der Waals surface area contributed by atoms with Crippen molar-refractivity contribution < 1.29 is 24.2 Å². The van der Waals surface area contributed by atoms with Gasteiger partial charge < -0.3 is 14.6 Å². The molecule has 142 valence electrons. The molecule has 1 aliphatic carbocycles. The average molecular weight is 383 g/mol. The van der Waals surface area contributed by atoms with E-state index in [4.69, 9.17) is 4.74 Å². The number of ketones is 2. The van der Waals surface area contributed by atoms with Crippen LogP contribution in [0.4, 0.5) is 0 Å². The van der Waals surface area contributed by atoms with Crippen molar-refractivity contribution in [3.63, 3.8) is 0 Å². The molecule has 0 bridgehead atoms. The number of allylic oxidation sites excluding steroid dienone is 1. The molecule has 0 N–H and O–H groups in total. The minimum Gasteiger partial charge on any atom is -0.545 e. The highest BCUT2D eigenvalue weighted by Gasteiger charge is 2.32. The molecule has 3 aromatic carbocycles. The fraction of sp³-hybridized carbons (Fsp3) is 0.0417. The summed E-state index contributed by atoms with van der Waals surface area (Å²) < 4.78 is 5.68. The fourth-order valence-corrected chi connectivity index (χ4v) is 3.19. The third kappa shape index (κ3) is 3.71. The van der Waals surface area contributed by atoms with Gasteiger partial charge >= 0.3 is 0 Å². The summed E-state index contributed by atoms with van der Waals surface area (Å²) in [4.78, 5) is 35.8. The van der Waals surface area contributed by atoms with Crippen molar-refractivity contribution in [2.75, 3.05) is 0 Å². The molecule has 0 aliphatic heterocycles. The lowest BCUT2D eigenvalue weighted by Crippen LogP contribution is -2.22. The highest BCUT2D eigenvalue weighted by atomic mass is 16.5. The Balaban J connectivity index is 1.47. The van der Waals surface area contributed by atoms with E-state index in [1.165, 1.54) is 12.1 Å². The average Bonchev–Trinajstić information content (AvgIpc) is 2.98.